The van der Waals surface area contributed by atoms with Gasteiger partial charge in [-0.05, 0) is 18.2 Å². The monoisotopic (exact) mass is 221 g/mol. The van der Waals surface area contributed by atoms with E-state index in [4.69, 9.17) is 0 Å². The van der Waals surface area contributed by atoms with Gasteiger partial charge in [0.25, 0.3) is 0 Å². The topological polar surface area (TPSA) is 39.1 Å². The molecule has 1 aromatic heterocycles. The van der Waals surface area contributed by atoms with Crippen LogP contribution in [0.25, 0.3) is 10.2 Å². The Hall–Kier alpha value is -1.42. The Morgan fingerprint density at radius 1 is 1.47 bits per heavy atom. The zero-order valence-corrected chi connectivity index (χ0v) is 9.43. The van der Waals surface area contributed by atoms with Crippen LogP contribution in [0.3, 0.4) is 0 Å². The van der Waals surface area contributed by atoms with Crippen LogP contribution in [0.5, 0.6) is 0 Å². The third-order valence-corrected chi connectivity index (χ3v) is 3.43. The molecule has 0 spiro atoms. The fourth-order valence-electron chi connectivity index (χ4n) is 1.51. The van der Waals surface area contributed by atoms with Gasteiger partial charge in [-0.25, -0.2) is 0 Å². The number of rotatable bonds is 2. The van der Waals surface area contributed by atoms with Crippen LogP contribution in [0.2, 0.25) is 0 Å². The van der Waals surface area contributed by atoms with Gasteiger partial charge < -0.3 is 4.57 Å². The van der Waals surface area contributed by atoms with Gasteiger partial charge in [0, 0.05) is 19.0 Å². The highest BCUT2D eigenvalue weighted by atomic mass is 32.1. The van der Waals surface area contributed by atoms with Crippen molar-refractivity contribution in [2.45, 2.75) is 13.3 Å². The van der Waals surface area contributed by atoms with Gasteiger partial charge in [0.1, 0.15) is 0 Å². The number of thiazole rings is 1. The first kappa shape index (κ1) is 10.1. The lowest BCUT2D eigenvalue weighted by Gasteiger charge is -1.98. The van der Waals surface area contributed by atoms with E-state index in [1.165, 1.54) is 11.3 Å². The lowest BCUT2D eigenvalue weighted by Crippen LogP contribution is -2.06. The van der Waals surface area contributed by atoms with E-state index in [9.17, 15) is 9.59 Å². The molecule has 0 unspecified atom stereocenters. The third-order valence-electron chi connectivity index (χ3n) is 2.44. The molecule has 3 nitrogen and oxygen atoms in total. The maximum Gasteiger partial charge on any atom is 0.307 e. The van der Waals surface area contributed by atoms with Crippen molar-refractivity contribution < 1.29 is 4.79 Å². The molecule has 78 valence electrons. The molecule has 0 bridgehead atoms. The van der Waals surface area contributed by atoms with Gasteiger partial charge in [-0.2, -0.15) is 0 Å². The van der Waals surface area contributed by atoms with Crippen molar-refractivity contribution in [3.8, 4) is 0 Å². The molecule has 0 atom stereocenters. The fraction of sp³-hybridized carbons (Fsp3) is 0.273. The lowest BCUT2D eigenvalue weighted by molar-refractivity contribution is 0.0988. The molecule has 2 rings (SSSR count). The Morgan fingerprint density at radius 2 is 2.20 bits per heavy atom. The summed E-state index contributed by atoms with van der Waals surface area (Å²) in [6.45, 7) is 1.83. The van der Waals surface area contributed by atoms with Gasteiger partial charge in [0.2, 0.25) is 0 Å². The van der Waals surface area contributed by atoms with Crippen molar-refractivity contribution in [3.05, 3.63) is 33.4 Å². The minimum Gasteiger partial charge on any atom is -0.302 e. The van der Waals surface area contributed by atoms with Crippen LogP contribution in [-0.4, -0.2) is 10.4 Å². The third kappa shape index (κ3) is 1.61. The summed E-state index contributed by atoms with van der Waals surface area (Å²) in [6, 6.07) is 5.41. The fourth-order valence-corrected chi connectivity index (χ4v) is 2.43. The average Bonchev–Trinajstić information content (AvgIpc) is 2.53. The first-order chi connectivity index (χ1) is 7.13. The second-order valence-electron chi connectivity index (χ2n) is 3.39. The Labute approximate surface area is 91.0 Å². The largest absolute Gasteiger partial charge is 0.307 e. The average molecular weight is 221 g/mol. The molecule has 0 N–H and O–H groups in total. The maximum atomic E-state index is 11.5. The van der Waals surface area contributed by atoms with Crippen molar-refractivity contribution >= 4 is 27.3 Å². The van der Waals surface area contributed by atoms with Crippen molar-refractivity contribution in [2.24, 2.45) is 7.05 Å². The van der Waals surface area contributed by atoms with Crippen LogP contribution >= 0.6 is 11.3 Å². The molecule has 0 saturated heterocycles. The molecular formula is C11H11NO2S. The van der Waals surface area contributed by atoms with Crippen LogP contribution < -0.4 is 4.87 Å². The van der Waals surface area contributed by atoms with Crippen molar-refractivity contribution in [1.29, 1.82) is 0 Å². The lowest BCUT2D eigenvalue weighted by atomic mass is 10.1. The van der Waals surface area contributed by atoms with Gasteiger partial charge >= 0.3 is 4.87 Å². The number of nitrogens with zero attached hydrogens (tertiary/aromatic N) is 1. The summed E-state index contributed by atoms with van der Waals surface area (Å²) in [5, 5.41) is 0. The summed E-state index contributed by atoms with van der Waals surface area (Å²) in [5.41, 5.74) is 1.57. The van der Waals surface area contributed by atoms with Gasteiger partial charge in [0.05, 0.1) is 10.2 Å². The van der Waals surface area contributed by atoms with E-state index in [2.05, 4.69) is 0 Å². The van der Waals surface area contributed by atoms with Crippen LogP contribution in [0.4, 0.5) is 0 Å². The highest BCUT2D eigenvalue weighted by Gasteiger charge is 2.07. The van der Waals surface area contributed by atoms with Gasteiger partial charge in [0.15, 0.2) is 5.78 Å². The second-order valence-corrected chi connectivity index (χ2v) is 4.38. The van der Waals surface area contributed by atoms with Crippen LogP contribution in [0.15, 0.2) is 23.0 Å². The SMILES string of the molecule is CCC(=O)c1ccc2c(c1)sc(=O)n2C. The molecule has 0 amide bonds. The molecule has 2 aromatic rings. The molecule has 0 saturated carbocycles. The minimum absolute atomic E-state index is 0.00565. The summed E-state index contributed by atoms with van der Waals surface area (Å²) >= 11 is 1.18. The zero-order chi connectivity index (χ0) is 11.0. The van der Waals surface area contributed by atoms with Crippen LogP contribution in [0, 0.1) is 0 Å². The maximum absolute atomic E-state index is 11.5. The standard InChI is InChI=1S/C11H11NO2S/c1-3-9(13)7-4-5-8-10(6-7)15-11(14)12(8)2/h4-6H,3H2,1-2H3. The van der Waals surface area contributed by atoms with E-state index >= 15 is 0 Å². The van der Waals surface area contributed by atoms with Gasteiger partial charge in [-0.15, -0.1) is 0 Å². The van der Waals surface area contributed by atoms with Gasteiger partial charge in [-0.1, -0.05) is 18.3 Å². The minimum atomic E-state index is 0.00565. The van der Waals surface area contributed by atoms with Crippen molar-refractivity contribution in [2.75, 3.05) is 0 Å². The normalized spacial score (nSPS) is 10.8. The van der Waals surface area contributed by atoms with Gasteiger partial charge in [-0.3, -0.25) is 9.59 Å². The summed E-state index contributed by atoms with van der Waals surface area (Å²) in [6.07, 6.45) is 0.493. The van der Waals surface area contributed by atoms with Crippen LogP contribution in [0.1, 0.15) is 23.7 Å². The number of benzene rings is 1. The Morgan fingerprint density at radius 3 is 2.87 bits per heavy atom. The molecule has 4 heteroatoms. The molecular weight excluding hydrogens is 210 g/mol. The number of carbonyl (C=O) groups excluding carboxylic acids is 1. The number of Topliss-reactive ketones (excluding diaryl/α,β-unsaturated/α-hetero) is 1. The van der Waals surface area contributed by atoms with Crippen LogP contribution in [-0.2, 0) is 7.05 Å². The predicted octanol–water partition coefficient (Wildman–Crippen LogP) is 2.19. The van der Waals surface area contributed by atoms with E-state index in [0.717, 1.165) is 10.2 Å². The van der Waals surface area contributed by atoms with E-state index in [-0.39, 0.29) is 10.7 Å². The van der Waals surface area contributed by atoms with E-state index in [1.54, 1.807) is 23.7 Å². The number of fused-ring (bicyclic) bond motifs is 1. The quantitative estimate of drug-likeness (QED) is 0.729. The zero-order valence-electron chi connectivity index (χ0n) is 8.61. The summed E-state index contributed by atoms with van der Waals surface area (Å²) in [5.74, 6) is 0.111. The summed E-state index contributed by atoms with van der Waals surface area (Å²) < 4.78 is 2.47. The summed E-state index contributed by atoms with van der Waals surface area (Å²) in [4.78, 5) is 22.9. The van der Waals surface area contributed by atoms with Crippen molar-refractivity contribution in [3.63, 3.8) is 0 Å². The second kappa shape index (κ2) is 3.62. The van der Waals surface area contributed by atoms with E-state index in [1.807, 2.05) is 13.0 Å². The van der Waals surface area contributed by atoms with E-state index < -0.39 is 0 Å². The Bertz CT molecular complexity index is 580. The van der Waals surface area contributed by atoms with E-state index in [0.29, 0.717) is 12.0 Å². The first-order valence-corrected chi connectivity index (χ1v) is 5.58. The molecule has 15 heavy (non-hydrogen) atoms. The smallest absolute Gasteiger partial charge is 0.302 e. The Kier molecular flexibility index (Phi) is 2.44. The molecule has 0 aliphatic carbocycles. The summed E-state index contributed by atoms with van der Waals surface area (Å²) in [7, 11) is 1.74. The predicted molar refractivity (Wildman–Crippen MR) is 61.7 cm³/mol. The molecule has 1 heterocycles. The number of ketones is 1. The highest BCUT2D eigenvalue weighted by Crippen LogP contribution is 2.18. The first-order valence-electron chi connectivity index (χ1n) is 4.76. The van der Waals surface area contributed by atoms with Crippen molar-refractivity contribution in [1.82, 2.24) is 4.57 Å². The number of hydrogen-bond acceptors (Lipinski definition) is 3. The number of aromatic nitrogens is 1. The molecule has 0 fully saturated rings. The molecule has 0 aliphatic rings. The molecule has 1 aromatic carbocycles. The number of aryl methyl sites for hydroxylation is 1. The molecule has 0 aliphatic heterocycles. The Balaban J connectivity index is 2.67. The number of hydrogen-bond donors (Lipinski definition) is 0. The highest BCUT2D eigenvalue weighted by molar-refractivity contribution is 7.16. The molecule has 0 radical (unpaired) electrons. The number of carbonyl (C=O) groups is 1.